The number of nitrogens with zero attached hydrogens (tertiary/aromatic N) is 1. The largest absolute Gasteiger partial charge is 0.353 e. The fourth-order valence-corrected chi connectivity index (χ4v) is 2.31. The van der Waals surface area contributed by atoms with Crippen LogP contribution in [0.1, 0.15) is 45.4 Å². The fourth-order valence-electron chi connectivity index (χ4n) is 2.31. The molecular weight excluding hydrogens is 214 g/mol. The first-order valence-electron chi connectivity index (χ1n) is 6.88. The van der Waals surface area contributed by atoms with E-state index < -0.39 is 0 Å². The number of carbonyl (C=O) groups excluding carboxylic acids is 1. The standard InChI is InChI=1S/C13H27N3O/c1-3-4-8-12(14)13(17)15-10-11-7-5-6-9-16(11)2/h11-12H,3-10,14H2,1-2H3,(H,15,17). The number of rotatable bonds is 6. The second-order valence-corrected chi connectivity index (χ2v) is 5.12. The smallest absolute Gasteiger partial charge is 0.236 e. The first-order valence-corrected chi connectivity index (χ1v) is 6.88. The van der Waals surface area contributed by atoms with Crippen LogP contribution in [0, 0.1) is 0 Å². The summed E-state index contributed by atoms with van der Waals surface area (Å²) in [5.74, 6) is 0.0115. The van der Waals surface area contributed by atoms with Crippen LogP contribution in [0.2, 0.25) is 0 Å². The predicted molar refractivity (Wildman–Crippen MR) is 70.8 cm³/mol. The Kier molecular flexibility index (Phi) is 6.52. The maximum atomic E-state index is 11.7. The van der Waals surface area contributed by atoms with Gasteiger partial charge in [-0.25, -0.2) is 0 Å². The van der Waals surface area contributed by atoms with E-state index in [0.29, 0.717) is 6.04 Å². The molecule has 0 aromatic rings. The number of hydrogen-bond acceptors (Lipinski definition) is 3. The molecule has 17 heavy (non-hydrogen) atoms. The van der Waals surface area contributed by atoms with Gasteiger partial charge in [-0.15, -0.1) is 0 Å². The SMILES string of the molecule is CCCCC(N)C(=O)NCC1CCCCN1C. The second-order valence-electron chi connectivity index (χ2n) is 5.12. The van der Waals surface area contributed by atoms with Crippen molar-refractivity contribution in [3.05, 3.63) is 0 Å². The third kappa shape index (κ3) is 5.04. The number of nitrogens with two attached hydrogens (primary N) is 1. The molecular formula is C13H27N3O. The number of nitrogens with one attached hydrogen (secondary N) is 1. The summed E-state index contributed by atoms with van der Waals surface area (Å²) >= 11 is 0. The molecule has 0 spiro atoms. The van der Waals surface area contributed by atoms with E-state index in [9.17, 15) is 4.79 Å². The Morgan fingerprint density at radius 2 is 2.29 bits per heavy atom. The van der Waals surface area contributed by atoms with Gasteiger partial charge in [-0.2, -0.15) is 0 Å². The summed E-state index contributed by atoms with van der Waals surface area (Å²) < 4.78 is 0. The predicted octanol–water partition coefficient (Wildman–Crippen LogP) is 1.10. The van der Waals surface area contributed by atoms with Gasteiger partial charge in [-0.1, -0.05) is 26.2 Å². The molecule has 1 aliphatic heterocycles. The van der Waals surface area contributed by atoms with E-state index in [0.717, 1.165) is 32.4 Å². The number of carbonyl (C=O) groups is 1. The monoisotopic (exact) mass is 241 g/mol. The summed E-state index contributed by atoms with van der Waals surface area (Å²) in [7, 11) is 2.13. The third-order valence-electron chi connectivity index (χ3n) is 3.64. The van der Waals surface area contributed by atoms with Crippen LogP contribution in [-0.2, 0) is 4.79 Å². The van der Waals surface area contributed by atoms with Gasteiger partial charge in [-0.05, 0) is 32.9 Å². The lowest BCUT2D eigenvalue weighted by Crippen LogP contribution is -2.48. The van der Waals surface area contributed by atoms with Crippen LogP contribution < -0.4 is 11.1 Å². The number of unbranched alkanes of at least 4 members (excludes halogenated alkanes) is 1. The van der Waals surface area contributed by atoms with Crippen LogP contribution in [0.25, 0.3) is 0 Å². The highest BCUT2D eigenvalue weighted by molar-refractivity contribution is 5.81. The average Bonchev–Trinajstić information content (AvgIpc) is 2.34. The van der Waals surface area contributed by atoms with Crippen LogP contribution in [0.4, 0.5) is 0 Å². The van der Waals surface area contributed by atoms with Crippen molar-refractivity contribution in [3.8, 4) is 0 Å². The summed E-state index contributed by atoms with van der Waals surface area (Å²) in [5.41, 5.74) is 5.83. The molecule has 0 aromatic heterocycles. The molecule has 1 saturated heterocycles. The maximum Gasteiger partial charge on any atom is 0.236 e. The van der Waals surface area contributed by atoms with E-state index in [2.05, 4.69) is 24.2 Å². The Labute approximate surface area is 105 Å². The minimum Gasteiger partial charge on any atom is -0.353 e. The Morgan fingerprint density at radius 3 is 2.94 bits per heavy atom. The Morgan fingerprint density at radius 1 is 1.53 bits per heavy atom. The first kappa shape index (κ1) is 14.5. The normalized spacial score (nSPS) is 23.4. The number of hydrogen-bond donors (Lipinski definition) is 2. The second kappa shape index (κ2) is 7.67. The van der Waals surface area contributed by atoms with Crippen LogP contribution in [0.3, 0.4) is 0 Å². The van der Waals surface area contributed by atoms with Crippen molar-refractivity contribution in [1.82, 2.24) is 10.2 Å². The number of amides is 1. The van der Waals surface area contributed by atoms with E-state index in [4.69, 9.17) is 5.73 Å². The van der Waals surface area contributed by atoms with Crippen LogP contribution in [0.5, 0.6) is 0 Å². The zero-order valence-corrected chi connectivity index (χ0v) is 11.2. The van der Waals surface area contributed by atoms with Gasteiger partial charge in [0.2, 0.25) is 5.91 Å². The van der Waals surface area contributed by atoms with E-state index in [1.165, 1.54) is 19.3 Å². The van der Waals surface area contributed by atoms with Crippen molar-refractivity contribution in [2.24, 2.45) is 5.73 Å². The molecule has 100 valence electrons. The maximum absolute atomic E-state index is 11.7. The molecule has 0 radical (unpaired) electrons. The van der Waals surface area contributed by atoms with E-state index in [-0.39, 0.29) is 11.9 Å². The van der Waals surface area contributed by atoms with Crippen molar-refractivity contribution in [2.45, 2.75) is 57.5 Å². The van der Waals surface area contributed by atoms with Gasteiger partial charge in [0.25, 0.3) is 0 Å². The molecule has 0 bridgehead atoms. The molecule has 2 atom stereocenters. The lowest BCUT2D eigenvalue weighted by Gasteiger charge is -2.32. The minimum atomic E-state index is -0.330. The molecule has 1 rings (SSSR count). The molecule has 2 unspecified atom stereocenters. The highest BCUT2D eigenvalue weighted by Crippen LogP contribution is 2.13. The zero-order valence-electron chi connectivity index (χ0n) is 11.2. The van der Waals surface area contributed by atoms with Gasteiger partial charge in [0.15, 0.2) is 0 Å². The molecule has 3 N–H and O–H groups in total. The Hall–Kier alpha value is -0.610. The van der Waals surface area contributed by atoms with Crippen molar-refractivity contribution in [3.63, 3.8) is 0 Å². The lowest BCUT2D eigenvalue weighted by atomic mass is 10.0. The molecule has 1 aliphatic rings. The number of likely N-dealkylation sites (tertiary alicyclic amines) is 1. The van der Waals surface area contributed by atoms with Crippen molar-refractivity contribution >= 4 is 5.91 Å². The quantitative estimate of drug-likeness (QED) is 0.732. The fraction of sp³-hybridized carbons (Fsp3) is 0.923. The highest BCUT2D eigenvalue weighted by atomic mass is 16.2. The highest BCUT2D eigenvalue weighted by Gasteiger charge is 2.20. The molecule has 4 nitrogen and oxygen atoms in total. The zero-order chi connectivity index (χ0) is 12.7. The molecule has 1 fully saturated rings. The summed E-state index contributed by atoms with van der Waals surface area (Å²) in [6, 6.07) is 0.162. The average molecular weight is 241 g/mol. The number of piperidine rings is 1. The van der Waals surface area contributed by atoms with E-state index in [1.807, 2.05) is 0 Å². The summed E-state index contributed by atoms with van der Waals surface area (Å²) in [4.78, 5) is 14.1. The number of likely N-dealkylation sites (N-methyl/N-ethyl adjacent to an activating group) is 1. The van der Waals surface area contributed by atoms with Crippen LogP contribution in [0.15, 0.2) is 0 Å². The summed E-state index contributed by atoms with van der Waals surface area (Å²) in [5, 5.41) is 2.99. The van der Waals surface area contributed by atoms with Gasteiger partial charge >= 0.3 is 0 Å². The van der Waals surface area contributed by atoms with Gasteiger partial charge in [0, 0.05) is 12.6 Å². The van der Waals surface area contributed by atoms with Crippen molar-refractivity contribution in [2.75, 3.05) is 20.1 Å². The molecule has 0 aliphatic carbocycles. The topological polar surface area (TPSA) is 58.4 Å². The van der Waals surface area contributed by atoms with Gasteiger partial charge in [0.1, 0.15) is 0 Å². The van der Waals surface area contributed by atoms with Gasteiger partial charge in [0.05, 0.1) is 6.04 Å². The van der Waals surface area contributed by atoms with Crippen LogP contribution in [-0.4, -0.2) is 43.0 Å². The molecule has 0 saturated carbocycles. The van der Waals surface area contributed by atoms with Gasteiger partial charge in [-0.3, -0.25) is 4.79 Å². The van der Waals surface area contributed by atoms with Gasteiger partial charge < -0.3 is 16.0 Å². The Balaban J connectivity index is 2.22. The van der Waals surface area contributed by atoms with E-state index >= 15 is 0 Å². The van der Waals surface area contributed by atoms with Crippen LogP contribution >= 0.6 is 0 Å². The molecule has 1 amide bonds. The van der Waals surface area contributed by atoms with Crippen molar-refractivity contribution < 1.29 is 4.79 Å². The van der Waals surface area contributed by atoms with Crippen molar-refractivity contribution in [1.29, 1.82) is 0 Å². The summed E-state index contributed by atoms with van der Waals surface area (Å²) in [6.45, 7) is 4.00. The Bertz CT molecular complexity index is 233. The lowest BCUT2D eigenvalue weighted by molar-refractivity contribution is -0.122. The molecule has 4 heteroatoms. The third-order valence-corrected chi connectivity index (χ3v) is 3.64. The minimum absolute atomic E-state index is 0.0115. The van der Waals surface area contributed by atoms with E-state index in [1.54, 1.807) is 0 Å². The first-order chi connectivity index (χ1) is 8.15. The molecule has 1 heterocycles. The molecule has 0 aromatic carbocycles. The summed E-state index contributed by atoms with van der Waals surface area (Å²) in [6.07, 6.45) is 6.64.